The highest BCUT2D eigenvalue weighted by Gasteiger charge is 2.24. The largest absolute Gasteiger partial charge is 0.497 e. The number of aromatic nitrogens is 2. The third kappa shape index (κ3) is 6.44. The van der Waals surface area contributed by atoms with Gasteiger partial charge in [0.1, 0.15) is 23.9 Å². The highest BCUT2D eigenvalue weighted by Crippen LogP contribution is 2.27. The summed E-state index contributed by atoms with van der Waals surface area (Å²) in [7, 11) is 3.06. The fraction of sp³-hybridized carbons (Fsp3) is 0.393. The molecule has 0 unspecified atom stereocenters. The molecule has 1 aromatic heterocycles. The lowest BCUT2D eigenvalue weighted by Gasteiger charge is -2.22. The molecule has 0 bridgehead atoms. The number of anilines is 1. The van der Waals surface area contributed by atoms with Crippen molar-refractivity contribution in [1.29, 1.82) is 0 Å². The summed E-state index contributed by atoms with van der Waals surface area (Å²) in [5, 5.41) is 7.76. The molecule has 2 amide bonds. The van der Waals surface area contributed by atoms with Crippen LogP contribution in [0.5, 0.6) is 11.5 Å². The first-order chi connectivity index (χ1) is 17.0. The van der Waals surface area contributed by atoms with E-state index < -0.39 is 0 Å². The molecule has 192 valence electrons. The minimum Gasteiger partial charge on any atom is -0.497 e. The first-order valence-electron chi connectivity index (χ1n) is 12.1. The molecule has 0 radical (unpaired) electrons. The van der Waals surface area contributed by atoms with Gasteiger partial charge in [-0.2, -0.15) is 5.10 Å². The monoisotopic (exact) mass is 492 g/mol. The highest BCUT2D eigenvalue weighted by molar-refractivity contribution is 5.99. The number of benzene rings is 2. The molecule has 0 saturated carbocycles. The lowest BCUT2D eigenvalue weighted by molar-refractivity contribution is -0.116. The Morgan fingerprint density at radius 3 is 2.25 bits per heavy atom. The van der Waals surface area contributed by atoms with Crippen LogP contribution in [0.1, 0.15) is 55.7 Å². The second-order valence-corrected chi connectivity index (χ2v) is 9.79. The van der Waals surface area contributed by atoms with Crippen molar-refractivity contribution in [2.75, 3.05) is 32.6 Å². The summed E-state index contributed by atoms with van der Waals surface area (Å²) < 4.78 is 12.3. The number of methoxy groups -OCH3 is 2. The fourth-order valence-corrected chi connectivity index (χ4v) is 3.78. The Morgan fingerprint density at radius 1 is 1.03 bits per heavy atom. The molecule has 0 aliphatic heterocycles. The molecule has 3 rings (SSSR count). The van der Waals surface area contributed by atoms with E-state index in [1.54, 1.807) is 22.9 Å². The van der Waals surface area contributed by atoms with E-state index >= 15 is 0 Å². The van der Waals surface area contributed by atoms with Crippen molar-refractivity contribution in [1.82, 2.24) is 14.7 Å². The Labute approximate surface area is 213 Å². The Morgan fingerprint density at radius 2 is 1.69 bits per heavy atom. The second kappa shape index (κ2) is 11.3. The highest BCUT2D eigenvalue weighted by atomic mass is 16.5. The molecule has 0 fully saturated rings. The van der Waals surface area contributed by atoms with Gasteiger partial charge in [-0.25, -0.2) is 4.68 Å². The van der Waals surface area contributed by atoms with Gasteiger partial charge in [0.05, 0.1) is 25.6 Å². The summed E-state index contributed by atoms with van der Waals surface area (Å²) >= 11 is 0. The van der Waals surface area contributed by atoms with Gasteiger partial charge in [0.2, 0.25) is 5.91 Å². The number of ether oxygens (including phenoxy) is 2. The van der Waals surface area contributed by atoms with Gasteiger partial charge in [-0.1, -0.05) is 39.8 Å². The van der Waals surface area contributed by atoms with Gasteiger partial charge in [0.25, 0.3) is 5.91 Å². The Bertz CT molecular complexity index is 1200. The van der Waals surface area contributed by atoms with Crippen LogP contribution in [0.3, 0.4) is 0 Å². The molecule has 1 N–H and O–H groups in total. The van der Waals surface area contributed by atoms with Crippen LogP contribution in [-0.2, 0) is 10.2 Å². The lowest BCUT2D eigenvalue weighted by Crippen LogP contribution is -2.38. The van der Waals surface area contributed by atoms with Gasteiger partial charge in [-0.15, -0.1) is 0 Å². The van der Waals surface area contributed by atoms with E-state index in [4.69, 9.17) is 14.6 Å². The van der Waals surface area contributed by atoms with Gasteiger partial charge < -0.3 is 19.7 Å². The van der Waals surface area contributed by atoms with E-state index in [0.717, 1.165) is 16.9 Å². The Balaban J connectivity index is 1.87. The van der Waals surface area contributed by atoms with Crippen LogP contribution in [-0.4, -0.2) is 53.8 Å². The van der Waals surface area contributed by atoms with Crippen LogP contribution >= 0.6 is 0 Å². The summed E-state index contributed by atoms with van der Waals surface area (Å²) in [5.74, 6) is 1.00. The van der Waals surface area contributed by atoms with Crippen LogP contribution in [0.4, 0.5) is 5.82 Å². The maximum absolute atomic E-state index is 13.3. The van der Waals surface area contributed by atoms with Crippen molar-refractivity contribution < 1.29 is 19.1 Å². The molecule has 36 heavy (non-hydrogen) atoms. The normalized spacial score (nSPS) is 11.2. The van der Waals surface area contributed by atoms with Crippen molar-refractivity contribution in [3.8, 4) is 17.2 Å². The first kappa shape index (κ1) is 26.8. The number of nitrogens with one attached hydrogen (secondary N) is 1. The van der Waals surface area contributed by atoms with E-state index in [0.29, 0.717) is 35.8 Å². The minimum atomic E-state index is -0.305. The topological polar surface area (TPSA) is 85.7 Å². The van der Waals surface area contributed by atoms with Gasteiger partial charge in [0, 0.05) is 29.7 Å². The van der Waals surface area contributed by atoms with Crippen LogP contribution in [0.2, 0.25) is 0 Å². The number of amides is 2. The number of hydrogen-bond donors (Lipinski definition) is 1. The molecule has 0 atom stereocenters. The molecule has 8 heteroatoms. The number of hydrogen-bond acceptors (Lipinski definition) is 5. The van der Waals surface area contributed by atoms with E-state index in [1.807, 2.05) is 44.2 Å². The van der Waals surface area contributed by atoms with E-state index in [9.17, 15) is 9.59 Å². The third-order valence-electron chi connectivity index (χ3n) is 5.71. The molecule has 3 aromatic rings. The molecule has 0 saturated heterocycles. The maximum Gasteiger partial charge on any atom is 0.254 e. The van der Waals surface area contributed by atoms with E-state index in [-0.39, 0.29) is 23.8 Å². The van der Waals surface area contributed by atoms with Crippen LogP contribution in [0.25, 0.3) is 5.69 Å². The third-order valence-corrected chi connectivity index (χ3v) is 5.71. The van der Waals surface area contributed by atoms with Gasteiger partial charge in [-0.3, -0.25) is 9.59 Å². The molecule has 0 aliphatic rings. The van der Waals surface area contributed by atoms with Crippen molar-refractivity contribution in [3.63, 3.8) is 0 Å². The summed E-state index contributed by atoms with van der Waals surface area (Å²) in [6, 6.07) is 14.8. The zero-order valence-electron chi connectivity index (χ0n) is 22.2. The number of nitrogens with zero attached hydrogens (tertiary/aromatic N) is 3. The molecule has 8 nitrogen and oxygen atoms in total. The predicted octanol–water partition coefficient (Wildman–Crippen LogP) is 4.99. The first-order valence-corrected chi connectivity index (χ1v) is 12.1. The maximum atomic E-state index is 13.3. The number of aryl methyl sites for hydroxylation is 1. The predicted molar refractivity (Wildman–Crippen MR) is 141 cm³/mol. The quantitative estimate of drug-likeness (QED) is 0.455. The van der Waals surface area contributed by atoms with E-state index in [1.165, 1.54) is 19.1 Å². The Hall–Kier alpha value is -3.81. The minimum absolute atomic E-state index is 0.101. The zero-order chi connectivity index (χ0) is 26.5. The van der Waals surface area contributed by atoms with E-state index in [2.05, 4.69) is 26.1 Å². The molecule has 1 heterocycles. The summed E-state index contributed by atoms with van der Waals surface area (Å²) in [4.78, 5) is 28.1. The van der Waals surface area contributed by atoms with Crippen LogP contribution in [0.15, 0.2) is 48.5 Å². The average Bonchev–Trinajstić information content (AvgIpc) is 3.27. The number of carbonyl (C=O) groups excluding carboxylic acids is 2. The summed E-state index contributed by atoms with van der Waals surface area (Å²) in [6.07, 6.45) is 0.704. The smallest absolute Gasteiger partial charge is 0.254 e. The molecule has 2 aromatic carbocycles. The van der Waals surface area contributed by atoms with Crippen molar-refractivity contribution >= 4 is 17.6 Å². The van der Waals surface area contributed by atoms with Gasteiger partial charge in [-0.05, 0) is 43.2 Å². The number of carbonyl (C=O) groups is 2. The molecular formula is C28H36N4O4. The second-order valence-electron chi connectivity index (χ2n) is 9.79. The van der Waals surface area contributed by atoms with Crippen LogP contribution in [0, 0.1) is 6.92 Å². The average molecular weight is 493 g/mol. The summed E-state index contributed by atoms with van der Waals surface area (Å²) in [6.45, 7) is 10.5. The van der Waals surface area contributed by atoms with Crippen molar-refractivity contribution in [3.05, 3.63) is 65.4 Å². The van der Waals surface area contributed by atoms with Gasteiger partial charge in [0.15, 0.2) is 0 Å². The number of rotatable bonds is 9. The van der Waals surface area contributed by atoms with Crippen molar-refractivity contribution in [2.45, 2.75) is 46.5 Å². The zero-order valence-corrected chi connectivity index (χ0v) is 22.2. The molecular weight excluding hydrogens is 456 g/mol. The fourth-order valence-electron chi connectivity index (χ4n) is 3.78. The molecule has 0 aliphatic carbocycles. The molecule has 0 spiro atoms. The van der Waals surface area contributed by atoms with Crippen molar-refractivity contribution in [2.24, 2.45) is 0 Å². The lowest BCUT2D eigenvalue weighted by atomic mass is 9.92. The standard InChI is InChI=1S/C28H36N4O4/c1-8-12-31(27(34)20-14-22(35-6)16-23(15-20)36-7)18-26(33)29-25-17-24(28(3,4)5)30-32(25)21-11-9-10-19(2)13-21/h9-11,13-17H,8,12,18H2,1-7H3,(H,29,33). The SMILES string of the molecule is CCCN(CC(=O)Nc1cc(C(C)(C)C)nn1-c1cccc(C)c1)C(=O)c1cc(OC)cc(OC)c1. The Kier molecular flexibility index (Phi) is 8.40. The van der Waals surface area contributed by atoms with Crippen LogP contribution < -0.4 is 14.8 Å². The summed E-state index contributed by atoms with van der Waals surface area (Å²) in [5.41, 5.74) is 2.98. The van der Waals surface area contributed by atoms with Gasteiger partial charge >= 0.3 is 0 Å².